The molecule has 0 spiro atoms. The van der Waals surface area contributed by atoms with E-state index in [0.717, 1.165) is 25.1 Å². The zero-order chi connectivity index (χ0) is 15.6. The lowest BCUT2D eigenvalue weighted by atomic mass is 9.96. The van der Waals surface area contributed by atoms with Crippen LogP contribution in [0.2, 0.25) is 0 Å². The molecule has 1 atom stereocenters. The van der Waals surface area contributed by atoms with Crippen LogP contribution >= 0.6 is 11.6 Å². The monoisotopic (exact) mass is 332 g/mol. The number of hydrogen-bond acceptors (Lipinski definition) is 2. The van der Waals surface area contributed by atoms with E-state index in [1.54, 1.807) is 16.6 Å². The number of alkyl halides is 1. The van der Waals surface area contributed by atoms with Crippen LogP contribution in [0, 0.1) is 11.8 Å². The number of aryl methyl sites for hydroxylation is 1. The molecule has 1 aromatic heterocycles. The van der Waals surface area contributed by atoms with Crippen LogP contribution in [-0.2, 0) is 22.4 Å². The van der Waals surface area contributed by atoms with Gasteiger partial charge in [0.2, 0.25) is 10.0 Å². The first-order chi connectivity index (χ1) is 9.90. The molecule has 1 aliphatic rings. The van der Waals surface area contributed by atoms with E-state index in [1.807, 2.05) is 4.57 Å². The number of halogens is 1. The van der Waals surface area contributed by atoms with Crippen molar-refractivity contribution in [2.45, 2.75) is 50.9 Å². The molecule has 0 aromatic carbocycles. The summed E-state index contributed by atoms with van der Waals surface area (Å²) in [6.45, 7) is 8.44. The van der Waals surface area contributed by atoms with Gasteiger partial charge in [0.05, 0.1) is 5.88 Å². The van der Waals surface area contributed by atoms with Gasteiger partial charge in [-0.25, -0.2) is 8.42 Å². The lowest BCUT2D eigenvalue weighted by Crippen LogP contribution is -2.29. The van der Waals surface area contributed by atoms with Crippen LogP contribution in [0.15, 0.2) is 17.2 Å². The fraction of sp³-hybridized carbons (Fsp3) is 0.733. The van der Waals surface area contributed by atoms with Crippen molar-refractivity contribution in [2.24, 2.45) is 11.8 Å². The zero-order valence-corrected chi connectivity index (χ0v) is 14.6. The highest BCUT2D eigenvalue weighted by atomic mass is 35.5. The van der Waals surface area contributed by atoms with Gasteiger partial charge in [-0.2, -0.15) is 4.31 Å². The third-order valence-corrected chi connectivity index (χ3v) is 6.43. The van der Waals surface area contributed by atoms with Gasteiger partial charge in [-0.1, -0.05) is 20.8 Å². The topological polar surface area (TPSA) is 42.3 Å². The minimum atomic E-state index is -3.38. The van der Waals surface area contributed by atoms with Gasteiger partial charge in [0.25, 0.3) is 0 Å². The lowest BCUT2D eigenvalue weighted by Gasteiger charge is -2.17. The summed E-state index contributed by atoms with van der Waals surface area (Å²) in [5.74, 6) is 1.32. The highest BCUT2D eigenvalue weighted by molar-refractivity contribution is 7.89. The molecule has 0 saturated carbocycles. The lowest BCUT2D eigenvalue weighted by molar-refractivity contribution is 0.388. The summed E-state index contributed by atoms with van der Waals surface area (Å²) in [6.07, 6.45) is 3.64. The van der Waals surface area contributed by atoms with Crippen LogP contribution in [0.1, 0.15) is 39.3 Å². The average molecular weight is 333 g/mol. The van der Waals surface area contributed by atoms with Gasteiger partial charge in [-0.3, -0.25) is 0 Å². The summed E-state index contributed by atoms with van der Waals surface area (Å²) in [4.78, 5) is 0.385. The van der Waals surface area contributed by atoms with Crippen LogP contribution in [0.4, 0.5) is 0 Å². The van der Waals surface area contributed by atoms with Crippen LogP contribution in [0.25, 0.3) is 0 Å². The SMILES string of the molecule is CCCn1cc(S(=O)(=O)N2CCC(C(C)C)C2)cc1CCl. The Balaban J connectivity index is 2.24. The maximum atomic E-state index is 12.8. The molecule has 0 radical (unpaired) electrons. The summed E-state index contributed by atoms with van der Waals surface area (Å²) in [5, 5.41) is 0. The highest BCUT2D eigenvalue weighted by Crippen LogP contribution is 2.29. The molecule has 0 bridgehead atoms. The molecule has 1 aliphatic heterocycles. The van der Waals surface area contributed by atoms with Crippen molar-refractivity contribution in [3.8, 4) is 0 Å². The molecule has 1 saturated heterocycles. The van der Waals surface area contributed by atoms with Gasteiger partial charge in [0.1, 0.15) is 4.90 Å². The maximum Gasteiger partial charge on any atom is 0.244 e. The fourth-order valence-corrected chi connectivity index (χ4v) is 4.70. The third-order valence-electron chi connectivity index (χ3n) is 4.33. The number of aromatic nitrogens is 1. The van der Waals surface area contributed by atoms with Crippen molar-refractivity contribution < 1.29 is 8.42 Å². The molecule has 120 valence electrons. The molecule has 6 heteroatoms. The summed E-state index contributed by atoms with van der Waals surface area (Å²) in [6, 6.07) is 1.72. The Labute approximate surface area is 133 Å². The molecular weight excluding hydrogens is 308 g/mol. The number of rotatable bonds is 6. The predicted octanol–water partition coefficient (Wildman–Crippen LogP) is 3.30. The number of nitrogens with zero attached hydrogens (tertiary/aromatic N) is 2. The molecule has 1 fully saturated rings. The molecule has 0 aliphatic carbocycles. The van der Waals surface area contributed by atoms with Crippen LogP contribution in [0.3, 0.4) is 0 Å². The van der Waals surface area contributed by atoms with Gasteiger partial charge in [0, 0.05) is 31.5 Å². The van der Waals surface area contributed by atoms with E-state index in [9.17, 15) is 8.42 Å². The Kier molecular flexibility index (Phi) is 5.38. The molecule has 2 rings (SSSR count). The molecular formula is C15H25ClN2O2S. The fourth-order valence-electron chi connectivity index (χ4n) is 2.89. The summed E-state index contributed by atoms with van der Waals surface area (Å²) < 4.78 is 29.1. The van der Waals surface area contributed by atoms with Crippen molar-refractivity contribution in [1.29, 1.82) is 0 Å². The first-order valence-electron chi connectivity index (χ1n) is 7.65. The Morgan fingerprint density at radius 1 is 1.43 bits per heavy atom. The van der Waals surface area contributed by atoms with E-state index >= 15 is 0 Å². The van der Waals surface area contributed by atoms with E-state index in [1.165, 1.54) is 0 Å². The van der Waals surface area contributed by atoms with E-state index in [0.29, 0.717) is 35.7 Å². The molecule has 21 heavy (non-hydrogen) atoms. The highest BCUT2D eigenvalue weighted by Gasteiger charge is 2.34. The van der Waals surface area contributed by atoms with Crippen molar-refractivity contribution in [1.82, 2.24) is 8.87 Å². The Morgan fingerprint density at radius 3 is 2.67 bits per heavy atom. The summed E-state index contributed by atoms with van der Waals surface area (Å²) in [7, 11) is -3.38. The van der Waals surface area contributed by atoms with Crippen LogP contribution < -0.4 is 0 Å². The van der Waals surface area contributed by atoms with Crippen molar-refractivity contribution in [3.63, 3.8) is 0 Å². The van der Waals surface area contributed by atoms with E-state index in [4.69, 9.17) is 11.6 Å². The molecule has 1 aromatic rings. The van der Waals surface area contributed by atoms with Gasteiger partial charge in [-0.15, -0.1) is 11.6 Å². The minimum absolute atomic E-state index is 0.337. The second-order valence-corrected chi connectivity index (χ2v) is 8.36. The summed E-state index contributed by atoms with van der Waals surface area (Å²) in [5.41, 5.74) is 0.872. The molecule has 2 heterocycles. The Bertz CT molecular complexity index is 580. The minimum Gasteiger partial charge on any atom is -0.349 e. The van der Waals surface area contributed by atoms with Crippen molar-refractivity contribution >= 4 is 21.6 Å². The molecule has 0 N–H and O–H groups in total. The second-order valence-electron chi connectivity index (χ2n) is 6.15. The standard InChI is InChI=1S/C15H25ClN2O2S/c1-4-6-17-11-15(8-14(17)9-16)21(19,20)18-7-5-13(10-18)12(2)3/h8,11-13H,4-7,9-10H2,1-3H3. The van der Waals surface area contributed by atoms with Gasteiger partial charge in [0.15, 0.2) is 0 Å². The summed E-state index contributed by atoms with van der Waals surface area (Å²) >= 11 is 5.93. The first-order valence-corrected chi connectivity index (χ1v) is 9.62. The molecule has 1 unspecified atom stereocenters. The molecule has 0 amide bonds. The largest absolute Gasteiger partial charge is 0.349 e. The number of sulfonamides is 1. The van der Waals surface area contributed by atoms with Crippen LogP contribution in [0.5, 0.6) is 0 Å². The average Bonchev–Trinajstić information content (AvgIpc) is 3.06. The van der Waals surface area contributed by atoms with Gasteiger partial charge in [-0.05, 0) is 30.7 Å². The predicted molar refractivity (Wildman–Crippen MR) is 86.0 cm³/mol. The third kappa shape index (κ3) is 3.46. The van der Waals surface area contributed by atoms with Crippen molar-refractivity contribution in [3.05, 3.63) is 18.0 Å². The van der Waals surface area contributed by atoms with Gasteiger partial charge < -0.3 is 4.57 Å². The van der Waals surface area contributed by atoms with E-state index in [2.05, 4.69) is 20.8 Å². The smallest absolute Gasteiger partial charge is 0.244 e. The van der Waals surface area contributed by atoms with Crippen LogP contribution in [-0.4, -0.2) is 30.4 Å². The first kappa shape index (κ1) is 16.8. The quantitative estimate of drug-likeness (QED) is 0.750. The number of hydrogen-bond donors (Lipinski definition) is 0. The van der Waals surface area contributed by atoms with E-state index in [-0.39, 0.29) is 0 Å². The normalized spacial score (nSPS) is 20.5. The van der Waals surface area contributed by atoms with Gasteiger partial charge >= 0.3 is 0 Å². The van der Waals surface area contributed by atoms with E-state index < -0.39 is 10.0 Å². The Hall–Kier alpha value is -0.520. The Morgan fingerprint density at radius 2 is 2.14 bits per heavy atom. The van der Waals surface area contributed by atoms with Crippen molar-refractivity contribution in [2.75, 3.05) is 13.1 Å². The maximum absolute atomic E-state index is 12.8. The second kappa shape index (κ2) is 6.71. The molecule has 4 nitrogen and oxygen atoms in total. The zero-order valence-electron chi connectivity index (χ0n) is 13.0.